The van der Waals surface area contributed by atoms with Crippen LogP contribution in [-0.2, 0) is 18.3 Å². The van der Waals surface area contributed by atoms with Crippen LogP contribution in [0.3, 0.4) is 0 Å². The summed E-state index contributed by atoms with van der Waals surface area (Å²) >= 11 is 0. The number of nitrogens with two attached hydrogens (primary N) is 1. The van der Waals surface area contributed by atoms with Crippen LogP contribution in [0.15, 0.2) is 4.79 Å². The molecule has 5 atom stereocenters. The van der Waals surface area contributed by atoms with E-state index in [2.05, 4.69) is 24.0 Å². The number of hydrogen-bond acceptors (Lipinski definition) is 12. The van der Waals surface area contributed by atoms with Crippen molar-refractivity contribution >= 4 is 30.9 Å². The van der Waals surface area contributed by atoms with E-state index in [0.29, 0.717) is 0 Å². The number of imidazole rings is 1. The second kappa shape index (κ2) is 5.54. The lowest BCUT2D eigenvalue weighted by Gasteiger charge is -2.34. The highest BCUT2D eigenvalue weighted by atomic mass is 31.2. The van der Waals surface area contributed by atoms with Gasteiger partial charge in [0.05, 0.1) is 6.61 Å². The van der Waals surface area contributed by atoms with Crippen molar-refractivity contribution in [3.05, 3.63) is 20.5 Å². The summed E-state index contributed by atoms with van der Waals surface area (Å²) in [6, 6.07) is 0. The van der Waals surface area contributed by atoms with Gasteiger partial charge >= 0.3 is 5.95 Å². The average Bonchev–Trinajstić information content (AvgIpc) is 3.05. The number of aromatic nitrogens is 4. The van der Waals surface area contributed by atoms with Gasteiger partial charge in [0.2, 0.25) is 17.8 Å². The summed E-state index contributed by atoms with van der Waals surface area (Å²) in [5, 5.41) is 21.7. The predicted molar refractivity (Wildman–Crippen MR) is 77.6 cm³/mol. The van der Waals surface area contributed by atoms with E-state index in [-0.39, 0.29) is 11.6 Å². The zero-order chi connectivity index (χ0) is 18.8. The molecule has 0 spiro atoms. The smallest absolute Gasteiger partial charge is 0.439 e. The Balaban J connectivity index is 1.86. The largest absolute Gasteiger partial charge is 0.756 e. The minimum absolute atomic E-state index is 0.313. The number of H-pyrrole nitrogens is 1. The molecule has 2 aliphatic rings. The fraction of sp³-hybridized carbons (Fsp3) is 0.500. The number of nitrogens with one attached hydrogen (secondary N) is 1. The van der Waals surface area contributed by atoms with E-state index in [1.54, 1.807) is 0 Å². The van der Waals surface area contributed by atoms with Crippen molar-refractivity contribution in [2.75, 3.05) is 12.3 Å². The molecule has 16 heteroatoms. The molecule has 0 amide bonds. The number of phosphoric ester groups is 1. The Kier molecular flexibility index (Phi) is 3.62. The molecule has 2 aromatic rings. The highest BCUT2D eigenvalue weighted by Crippen LogP contribution is 2.50. The Morgan fingerprint density at radius 1 is 1.46 bits per heavy atom. The van der Waals surface area contributed by atoms with Crippen LogP contribution in [0.4, 0.5) is 11.9 Å². The molecule has 4 N–H and O–H groups in total. The minimum Gasteiger partial charge on any atom is -0.756 e. The van der Waals surface area contributed by atoms with Gasteiger partial charge in [-0.1, -0.05) is 4.98 Å². The van der Waals surface area contributed by atoms with E-state index in [1.165, 1.54) is 0 Å². The van der Waals surface area contributed by atoms with E-state index >= 15 is 0 Å². The van der Waals surface area contributed by atoms with Gasteiger partial charge in [-0.15, -0.1) is 0 Å². The van der Waals surface area contributed by atoms with Crippen molar-refractivity contribution in [3.63, 3.8) is 0 Å². The van der Waals surface area contributed by atoms with Crippen LogP contribution >= 0.6 is 7.82 Å². The van der Waals surface area contributed by atoms with Crippen molar-refractivity contribution < 1.29 is 33.3 Å². The lowest BCUT2D eigenvalue weighted by Crippen LogP contribution is -2.41. The topological polar surface area (TPSA) is 221 Å². The number of nitrogens with zero attached hydrogens (tertiary/aromatic N) is 4. The van der Waals surface area contributed by atoms with E-state index in [1.807, 2.05) is 0 Å². The number of rotatable bonds is 2. The molecule has 4 rings (SSSR count). The Labute approximate surface area is 142 Å². The molecule has 2 saturated heterocycles. The molecule has 15 nitrogen and oxygen atoms in total. The van der Waals surface area contributed by atoms with Gasteiger partial charge < -0.3 is 39.6 Å². The molecule has 2 aromatic heterocycles. The number of hydrogen-bond donors (Lipinski definition) is 3. The van der Waals surface area contributed by atoms with Crippen LogP contribution in [0, 0.1) is 10.1 Å². The Hall–Kier alpha value is -2.42. The molecule has 0 bridgehead atoms. The molecule has 0 aromatic carbocycles. The van der Waals surface area contributed by atoms with Crippen LogP contribution in [0.2, 0.25) is 0 Å². The van der Waals surface area contributed by atoms with Crippen molar-refractivity contribution in [3.8, 4) is 0 Å². The van der Waals surface area contributed by atoms with Crippen LogP contribution in [0.5, 0.6) is 0 Å². The normalized spacial score (nSPS) is 34.1. The molecule has 2 fully saturated rings. The summed E-state index contributed by atoms with van der Waals surface area (Å²) in [6.45, 7) is -0.449. The monoisotopic (exact) mass is 390 g/mol. The fourth-order valence-electron chi connectivity index (χ4n) is 2.89. The first-order valence-corrected chi connectivity index (χ1v) is 8.53. The Morgan fingerprint density at radius 3 is 2.88 bits per heavy atom. The van der Waals surface area contributed by atoms with Gasteiger partial charge in [-0.05, 0) is 4.92 Å². The first-order chi connectivity index (χ1) is 12.2. The molecule has 140 valence electrons. The maximum Gasteiger partial charge on any atom is 0.439 e. The molecular weight excluding hydrogens is 380 g/mol. The third-order valence-electron chi connectivity index (χ3n) is 3.93. The second-order valence-electron chi connectivity index (χ2n) is 5.53. The standard InChI is InChI=1S/C10H11N6O9P/c11-9-13-6-3(7(18)14-9)12-10(16(19)20)15(6)8-4(17)5-2(24-8)1-23-26(21,22)25-5/h2,4-5,8,17H,1H2,(H,21,22)(H3,11,13,14,18)/p-1/t2-,4-,5-,8-/m1/s1/i16+1. The Bertz CT molecular complexity index is 1020. The summed E-state index contributed by atoms with van der Waals surface area (Å²) in [6.07, 6.45) is -5.54. The van der Waals surface area contributed by atoms with E-state index in [0.717, 1.165) is 4.57 Å². The van der Waals surface area contributed by atoms with Gasteiger partial charge in [0.25, 0.3) is 18.9 Å². The van der Waals surface area contributed by atoms with Crippen molar-refractivity contribution in [1.29, 1.82) is 0 Å². The van der Waals surface area contributed by atoms with E-state index in [9.17, 15) is 29.5 Å². The third-order valence-corrected chi connectivity index (χ3v) is 4.89. The quantitative estimate of drug-likeness (QED) is 0.214. The summed E-state index contributed by atoms with van der Waals surface area (Å²) in [5.41, 5.74) is 3.92. The second-order valence-corrected chi connectivity index (χ2v) is 6.89. The molecule has 0 saturated carbocycles. The van der Waals surface area contributed by atoms with Gasteiger partial charge in [0.15, 0.2) is 0 Å². The molecule has 0 radical (unpaired) electrons. The van der Waals surface area contributed by atoms with Crippen molar-refractivity contribution in [1.82, 2.24) is 19.5 Å². The first-order valence-electron chi connectivity index (χ1n) is 7.07. The summed E-state index contributed by atoms with van der Waals surface area (Å²) in [4.78, 5) is 43.3. The van der Waals surface area contributed by atoms with Gasteiger partial charge in [0, 0.05) is 0 Å². The highest BCUT2D eigenvalue weighted by Gasteiger charge is 2.53. The van der Waals surface area contributed by atoms with Crippen molar-refractivity contribution in [2.24, 2.45) is 0 Å². The fourth-order valence-corrected chi connectivity index (χ4v) is 3.84. The predicted octanol–water partition coefficient (Wildman–Crippen LogP) is -2.25. The molecule has 0 aliphatic carbocycles. The van der Waals surface area contributed by atoms with Crippen molar-refractivity contribution in [2.45, 2.75) is 24.5 Å². The molecule has 26 heavy (non-hydrogen) atoms. The first kappa shape index (κ1) is 17.0. The summed E-state index contributed by atoms with van der Waals surface area (Å²) in [5.74, 6) is -1.19. The molecular formula is C10H10N6O9P-. The number of phosphoric acid groups is 1. The third kappa shape index (κ3) is 2.49. The van der Waals surface area contributed by atoms with Crippen LogP contribution in [0.1, 0.15) is 6.23 Å². The van der Waals surface area contributed by atoms with E-state index in [4.69, 9.17) is 10.5 Å². The van der Waals surface area contributed by atoms with Crippen LogP contribution in [-0.4, -0.2) is 54.5 Å². The molecule has 4 heterocycles. The lowest BCUT2D eigenvalue weighted by atomic mass is 10.1. The zero-order valence-electron chi connectivity index (χ0n) is 12.5. The Morgan fingerprint density at radius 2 is 2.19 bits per heavy atom. The highest BCUT2D eigenvalue weighted by molar-refractivity contribution is 7.45. The van der Waals surface area contributed by atoms with Gasteiger partial charge in [-0.2, -0.15) is 9.55 Å². The zero-order valence-corrected chi connectivity index (χ0v) is 13.4. The maximum atomic E-state index is 11.9. The maximum absolute atomic E-state index is 11.9. The summed E-state index contributed by atoms with van der Waals surface area (Å²) in [7, 11) is -4.63. The number of ether oxygens (including phenoxy) is 1. The number of aliphatic hydroxyl groups is 1. The molecule has 1 unspecified atom stereocenters. The van der Waals surface area contributed by atoms with Gasteiger partial charge in [0.1, 0.15) is 18.3 Å². The summed E-state index contributed by atoms with van der Waals surface area (Å²) < 4.78 is 26.8. The van der Waals surface area contributed by atoms with Gasteiger partial charge in [-0.3, -0.25) is 14.3 Å². The van der Waals surface area contributed by atoms with Crippen LogP contribution in [0.25, 0.3) is 11.2 Å². The number of aliphatic hydroxyl groups excluding tert-OH is 1. The number of fused-ring (bicyclic) bond motifs is 2. The van der Waals surface area contributed by atoms with E-state index < -0.39 is 60.9 Å². The number of nitrogen functional groups attached to an aromatic ring is 1. The number of anilines is 1. The minimum atomic E-state index is -4.63. The average molecular weight is 390 g/mol. The lowest BCUT2D eigenvalue weighted by molar-refractivity contribution is -0.398. The number of aromatic amines is 1. The SMILES string of the molecule is Nc1nc2c(nc([15N+](=O)[O-])n2[C@@H]2O[C@@H]3COP(=O)([O-])O[C@H]3[C@H]2O)c(=O)[nH]1. The molecule has 2 aliphatic heterocycles. The number of nitro groups is 1. The van der Waals surface area contributed by atoms with Gasteiger partial charge in [-0.25, -0.2) is 0 Å². The van der Waals surface area contributed by atoms with Crippen LogP contribution < -0.4 is 16.2 Å².